The number of phenolic OH excluding ortho intramolecular Hbond substituents is 1. The van der Waals surface area contributed by atoms with Crippen LogP contribution in [0.5, 0.6) is 5.75 Å². The van der Waals surface area contributed by atoms with Gasteiger partial charge in [-0.25, -0.2) is 0 Å². The Bertz CT molecular complexity index is 393. The van der Waals surface area contributed by atoms with Crippen LogP contribution in [0.15, 0.2) is 42.5 Å². The molecule has 1 aromatic carbocycles. The number of aromatic hydroxyl groups is 1. The fourth-order valence-electron chi connectivity index (χ4n) is 1.67. The predicted octanol–water partition coefficient (Wildman–Crippen LogP) is 2.75. The van der Waals surface area contributed by atoms with Crippen molar-refractivity contribution in [2.75, 3.05) is 6.61 Å². The van der Waals surface area contributed by atoms with Gasteiger partial charge in [-0.05, 0) is 17.7 Å². The number of hydrogen-bond donors (Lipinski definition) is 1. The van der Waals surface area contributed by atoms with Crippen LogP contribution in [0, 0.1) is 0 Å². The number of rotatable bonds is 2. The van der Waals surface area contributed by atoms with Crippen molar-refractivity contribution in [1.29, 1.82) is 0 Å². The average molecular weight is 202 g/mol. The minimum atomic E-state index is 0.127. The summed E-state index contributed by atoms with van der Waals surface area (Å²) in [6.07, 6.45) is 4.80. The van der Waals surface area contributed by atoms with Gasteiger partial charge in [0, 0.05) is 12.0 Å². The van der Waals surface area contributed by atoms with Crippen molar-refractivity contribution in [1.82, 2.24) is 0 Å². The summed E-state index contributed by atoms with van der Waals surface area (Å²) in [5.41, 5.74) is 2.04. The molecule has 0 radical (unpaired) electrons. The zero-order valence-electron chi connectivity index (χ0n) is 8.52. The Morgan fingerprint density at radius 1 is 1.40 bits per heavy atom. The Kier molecular flexibility index (Phi) is 2.88. The van der Waals surface area contributed by atoms with Crippen molar-refractivity contribution >= 4 is 6.08 Å². The van der Waals surface area contributed by atoms with Crippen LogP contribution in [0.25, 0.3) is 6.08 Å². The minimum Gasteiger partial charge on any atom is -0.507 e. The van der Waals surface area contributed by atoms with Crippen molar-refractivity contribution in [2.45, 2.75) is 12.5 Å². The van der Waals surface area contributed by atoms with Gasteiger partial charge in [-0.3, -0.25) is 0 Å². The lowest BCUT2D eigenvalue weighted by molar-refractivity contribution is 0.150. The molecule has 0 aliphatic carbocycles. The largest absolute Gasteiger partial charge is 0.507 e. The SMILES string of the molecule is C=CC1C/C(=C\c2ccccc2O)CO1. The first-order chi connectivity index (χ1) is 7.29. The van der Waals surface area contributed by atoms with Crippen molar-refractivity contribution in [3.05, 3.63) is 48.1 Å². The Morgan fingerprint density at radius 3 is 2.87 bits per heavy atom. The molecule has 1 aliphatic rings. The van der Waals surface area contributed by atoms with Gasteiger partial charge in [0.2, 0.25) is 0 Å². The van der Waals surface area contributed by atoms with E-state index >= 15 is 0 Å². The summed E-state index contributed by atoms with van der Waals surface area (Å²) < 4.78 is 5.46. The lowest BCUT2D eigenvalue weighted by Crippen LogP contribution is -1.96. The van der Waals surface area contributed by atoms with Crippen LogP contribution >= 0.6 is 0 Å². The van der Waals surface area contributed by atoms with E-state index in [4.69, 9.17) is 4.74 Å². The van der Waals surface area contributed by atoms with Crippen LogP contribution in [0.3, 0.4) is 0 Å². The van der Waals surface area contributed by atoms with Crippen molar-refractivity contribution < 1.29 is 9.84 Å². The summed E-state index contributed by atoms with van der Waals surface area (Å²) >= 11 is 0. The fourth-order valence-corrected chi connectivity index (χ4v) is 1.67. The van der Waals surface area contributed by atoms with Crippen molar-refractivity contribution in [3.63, 3.8) is 0 Å². The van der Waals surface area contributed by atoms with E-state index in [9.17, 15) is 5.11 Å². The molecule has 78 valence electrons. The highest BCUT2D eigenvalue weighted by Crippen LogP contribution is 2.25. The third-order valence-electron chi connectivity index (χ3n) is 2.51. The van der Waals surface area contributed by atoms with E-state index in [1.54, 1.807) is 6.07 Å². The molecule has 1 fully saturated rings. The quantitative estimate of drug-likeness (QED) is 0.747. The topological polar surface area (TPSA) is 29.5 Å². The summed E-state index contributed by atoms with van der Waals surface area (Å²) in [6.45, 7) is 4.33. The first kappa shape index (κ1) is 9.99. The van der Waals surface area contributed by atoms with E-state index in [0.717, 1.165) is 12.0 Å². The molecule has 1 aliphatic heterocycles. The Balaban J connectivity index is 2.18. The smallest absolute Gasteiger partial charge is 0.122 e. The number of para-hydroxylation sites is 1. The average Bonchev–Trinajstić information content (AvgIpc) is 2.69. The van der Waals surface area contributed by atoms with E-state index < -0.39 is 0 Å². The van der Waals surface area contributed by atoms with Gasteiger partial charge in [-0.2, -0.15) is 0 Å². The molecular weight excluding hydrogens is 188 g/mol. The number of hydrogen-bond acceptors (Lipinski definition) is 2. The summed E-state index contributed by atoms with van der Waals surface area (Å²) in [6, 6.07) is 7.30. The molecule has 0 spiro atoms. The van der Waals surface area contributed by atoms with Crippen LogP contribution in [0.1, 0.15) is 12.0 Å². The van der Waals surface area contributed by atoms with Gasteiger partial charge in [0.15, 0.2) is 0 Å². The zero-order valence-corrected chi connectivity index (χ0v) is 8.52. The van der Waals surface area contributed by atoms with Crippen LogP contribution in [-0.2, 0) is 4.74 Å². The fraction of sp³-hybridized carbons (Fsp3) is 0.231. The van der Waals surface area contributed by atoms with Crippen LogP contribution < -0.4 is 0 Å². The lowest BCUT2D eigenvalue weighted by atomic mass is 10.1. The molecule has 15 heavy (non-hydrogen) atoms. The second-order valence-corrected chi connectivity index (χ2v) is 3.65. The maximum atomic E-state index is 9.59. The monoisotopic (exact) mass is 202 g/mol. The predicted molar refractivity (Wildman–Crippen MR) is 60.6 cm³/mol. The number of benzene rings is 1. The molecule has 0 saturated carbocycles. The third kappa shape index (κ3) is 2.28. The summed E-state index contributed by atoms with van der Waals surface area (Å²) in [5, 5.41) is 9.59. The van der Waals surface area contributed by atoms with E-state index in [-0.39, 0.29) is 6.10 Å². The van der Waals surface area contributed by atoms with Crippen LogP contribution in [0.2, 0.25) is 0 Å². The van der Waals surface area contributed by atoms with Gasteiger partial charge in [-0.1, -0.05) is 24.3 Å². The maximum Gasteiger partial charge on any atom is 0.122 e. The molecule has 1 unspecified atom stereocenters. The molecule has 1 atom stereocenters. The number of phenols is 1. The molecule has 1 saturated heterocycles. The third-order valence-corrected chi connectivity index (χ3v) is 2.51. The van der Waals surface area contributed by atoms with Crippen LogP contribution in [-0.4, -0.2) is 17.8 Å². The minimum absolute atomic E-state index is 0.127. The molecular formula is C13H14O2. The van der Waals surface area contributed by atoms with Crippen molar-refractivity contribution in [2.24, 2.45) is 0 Å². The second-order valence-electron chi connectivity index (χ2n) is 3.65. The van der Waals surface area contributed by atoms with Gasteiger partial charge >= 0.3 is 0 Å². The van der Waals surface area contributed by atoms with E-state index in [1.807, 2.05) is 30.4 Å². The highest BCUT2D eigenvalue weighted by molar-refractivity contribution is 5.59. The Labute approximate surface area is 89.5 Å². The Morgan fingerprint density at radius 2 is 2.20 bits per heavy atom. The molecule has 1 heterocycles. The van der Waals surface area contributed by atoms with Gasteiger partial charge in [0.1, 0.15) is 5.75 Å². The maximum absolute atomic E-state index is 9.59. The van der Waals surface area contributed by atoms with E-state index in [0.29, 0.717) is 12.4 Å². The standard InChI is InChI=1S/C13H14O2/c1-2-12-8-10(9-15-12)7-11-5-3-4-6-13(11)14/h2-7,12,14H,1,8-9H2/b10-7+. The van der Waals surface area contributed by atoms with E-state index in [2.05, 4.69) is 6.58 Å². The normalized spacial score (nSPS) is 23.2. The summed E-state index contributed by atoms with van der Waals surface area (Å²) in [4.78, 5) is 0. The Hall–Kier alpha value is -1.54. The molecule has 0 aromatic heterocycles. The van der Waals surface area contributed by atoms with Gasteiger partial charge in [0.05, 0.1) is 12.7 Å². The molecule has 0 amide bonds. The second kappa shape index (κ2) is 4.32. The molecule has 2 heteroatoms. The van der Waals surface area contributed by atoms with Gasteiger partial charge in [0.25, 0.3) is 0 Å². The van der Waals surface area contributed by atoms with Crippen molar-refractivity contribution in [3.8, 4) is 5.75 Å². The molecule has 2 rings (SSSR count). The van der Waals surface area contributed by atoms with Gasteiger partial charge in [-0.15, -0.1) is 6.58 Å². The zero-order chi connectivity index (χ0) is 10.7. The molecule has 2 nitrogen and oxygen atoms in total. The molecule has 1 aromatic rings. The molecule has 0 bridgehead atoms. The number of ether oxygens (including phenoxy) is 1. The van der Waals surface area contributed by atoms with E-state index in [1.165, 1.54) is 5.57 Å². The highest BCUT2D eigenvalue weighted by Gasteiger charge is 2.16. The summed E-state index contributed by atoms with van der Waals surface area (Å²) in [5.74, 6) is 0.312. The first-order valence-electron chi connectivity index (χ1n) is 5.01. The summed E-state index contributed by atoms with van der Waals surface area (Å²) in [7, 11) is 0. The van der Waals surface area contributed by atoms with Crippen LogP contribution in [0.4, 0.5) is 0 Å². The first-order valence-corrected chi connectivity index (χ1v) is 5.01. The lowest BCUT2D eigenvalue weighted by Gasteiger charge is -1.99. The molecule has 1 N–H and O–H groups in total. The highest BCUT2D eigenvalue weighted by atomic mass is 16.5. The van der Waals surface area contributed by atoms with Gasteiger partial charge < -0.3 is 9.84 Å².